The Kier molecular flexibility index (Phi) is 18.8. The fourth-order valence-electron chi connectivity index (χ4n) is 0. The number of hydrogen-bond donors (Lipinski definition) is 0. The molecule has 0 saturated heterocycles. The second kappa shape index (κ2) is 12.3. The molecule has 0 N–H and O–H groups in total. The molecule has 0 unspecified atom stereocenters. The molecule has 5 heteroatoms. The topological polar surface area (TPSA) is 40.6 Å². The standard InChI is InChI=1S/2C3H6NO.Zn/c2*1-4(2)3-5;/h2*1-2H3;/q2*-1;+2. The summed E-state index contributed by atoms with van der Waals surface area (Å²) in [6.07, 6.45) is 3.22. The van der Waals surface area contributed by atoms with E-state index in [9.17, 15) is 9.59 Å². The Hall–Kier alpha value is -0.437. The molecular weight excluding hydrogens is 197 g/mol. The summed E-state index contributed by atoms with van der Waals surface area (Å²) < 4.78 is 0. The maximum Gasteiger partial charge on any atom is 2.00 e. The summed E-state index contributed by atoms with van der Waals surface area (Å²) in [5.41, 5.74) is 0. The number of rotatable bonds is 2. The average molecular weight is 210 g/mol. The number of carbonyl (C=O) groups excluding carboxylic acids is 2. The molecule has 0 fully saturated rings. The van der Waals surface area contributed by atoms with Gasteiger partial charge in [0.1, 0.15) is 0 Å². The smallest absolute Gasteiger partial charge is 0.522 e. The van der Waals surface area contributed by atoms with Gasteiger partial charge in [-0.25, -0.2) is 0 Å². The monoisotopic (exact) mass is 208 g/mol. The van der Waals surface area contributed by atoms with E-state index in [4.69, 9.17) is 0 Å². The minimum Gasteiger partial charge on any atom is -0.522 e. The predicted octanol–water partition coefficient (Wildman–Crippen LogP) is -0.772. The van der Waals surface area contributed by atoms with Gasteiger partial charge in [0.25, 0.3) is 0 Å². The van der Waals surface area contributed by atoms with Crippen LogP contribution in [-0.4, -0.2) is 50.8 Å². The van der Waals surface area contributed by atoms with Crippen molar-refractivity contribution in [2.24, 2.45) is 0 Å². The normalized spacial score (nSPS) is 6.18. The van der Waals surface area contributed by atoms with E-state index in [2.05, 4.69) is 0 Å². The molecule has 0 radical (unpaired) electrons. The van der Waals surface area contributed by atoms with Crippen LogP contribution in [0.4, 0.5) is 0 Å². The zero-order valence-corrected chi connectivity index (χ0v) is 10.4. The third-order valence-corrected chi connectivity index (χ3v) is 0.365. The van der Waals surface area contributed by atoms with Crippen molar-refractivity contribution in [1.29, 1.82) is 0 Å². The molecule has 0 aromatic heterocycles. The summed E-state index contributed by atoms with van der Waals surface area (Å²) in [5, 5.41) is 0. The van der Waals surface area contributed by atoms with E-state index in [-0.39, 0.29) is 19.5 Å². The van der Waals surface area contributed by atoms with Crippen molar-refractivity contribution < 1.29 is 29.1 Å². The van der Waals surface area contributed by atoms with Crippen LogP contribution in [-0.2, 0) is 29.1 Å². The minimum absolute atomic E-state index is 0. The van der Waals surface area contributed by atoms with Crippen LogP contribution in [0.1, 0.15) is 0 Å². The summed E-state index contributed by atoms with van der Waals surface area (Å²) >= 11 is 0. The van der Waals surface area contributed by atoms with Gasteiger partial charge in [0.05, 0.1) is 0 Å². The summed E-state index contributed by atoms with van der Waals surface area (Å²) in [5.74, 6) is 0. The maximum atomic E-state index is 9.31. The van der Waals surface area contributed by atoms with Crippen LogP contribution < -0.4 is 0 Å². The molecule has 0 aliphatic heterocycles. The maximum absolute atomic E-state index is 9.31. The Morgan fingerprint density at radius 3 is 0.909 bits per heavy atom. The van der Waals surface area contributed by atoms with E-state index in [1.54, 1.807) is 41.0 Å². The fraction of sp³-hybridized carbons (Fsp3) is 0.667. The van der Waals surface area contributed by atoms with Crippen molar-refractivity contribution in [3.63, 3.8) is 0 Å². The van der Waals surface area contributed by atoms with Gasteiger partial charge in [-0.1, -0.05) is 0 Å². The number of nitrogens with zero attached hydrogens (tertiary/aromatic N) is 2. The van der Waals surface area contributed by atoms with Crippen LogP contribution in [0.25, 0.3) is 0 Å². The molecule has 0 aliphatic carbocycles. The van der Waals surface area contributed by atoms with Crippen LogP contribution >= 0.6 is 0 Å². The van der Waals surface area contributed by atoms with Crippen molar-refractivity contribution in [2.75, 3.05) is 28.2 Å². The first-order valence-electron chi connectivity index (χ1n) is 2.64. The van der Waals surface area contributed by atoms with Gasteiger partial charge < -0.3 is 19.4 Å². The van der Waals surface area contributed by atoms with Crippen molar-refractivity contribution in [3.8, 4) is 0 Å². The SMILES string of the molecule is CN(C)[C-]=O.CN(C)[C-]=O.[Zn+2]. The van der Waals surface area contributed by atoms with Crippen molar-refractivity contribution >= 4 is 12.8 Å². The van der Waals surface area contributed by atoms with Crippen LogP contribution in [0.2, 0.25) is 0 Å². The van der Waals surface area contributed by atoms with Crippen LogP contribution in [0.15, 0.2) is 0 Å². The van der Waals surface area contributed by atoms with Gasteiger partial charge in [-0.05, 0) is 28.2 Å². The van der Waals surface area contributed by atoms with E-state index in [0.29, 0.717) is 0 Å². The van der Waals surface area contributed by atoms with E-state index < -0.39 is 0 Å². The van der Waals surface area contributed by atoms with E-state index in [1.165, 1.54) is 9.80 Å². The van der Waals surface area contributed by atoms with Crippen LogP contribution in [0, 0.1) is 0 Å². The van der Waals surface area contributed by atoms with E-state index in [0.717, 1.165) is 0 Å². The Labute approximate surface area is 80.3 Å². The molecule has 0 heterocycles. The van der Waals surface area contributed by atoms with Crippen molar-refractivity contribution in [1.82, 2.24) is 9.80 Å². The largest absolute Gasteiger partial charge is 2.00 e. The van der Waals surface area contributed by atoms with Crippen molar-refractivity contribution in [2.45, 2.75) is 0 Å². The van der Waals surface area contributed by atoms with Crippen LogP contribution in [0.3, 0.4) is 0 Å². The molecule has 60 valence electrons. The molecule has 0 bridgehead atoms. The third kappa shape index (κ3) is 43.1. The number of amides is 2. The first-order valence-corrected chi connectivity index (χ1v) is 2.64. The third-order valence-electron chi connectivity index (χ3n) is 0.365. The molecule has 0 aliphatic rings. The fourth-order valence-corrected chi connectivity index (χ4v) is 0. The van der Waals surface area contributed by atoms with Gasteiger partial charge >= 0.3 is 19.5 Å². The summed E-state index contributed by atoms with van der Waals surface area (Å²) in [6, 6.07) is 0. The van der Waals surface area contributed by atoms with Gasteiger partial charge in [0.15, 0.2) is 0 Å². The summed E-state index contributed by atoms with van der Waals surface area (Å²) in [6.45, 7) is 0. The molecule has 2 amide bonds. The van der Waals surface area contributed by atoms with Gasteiger partial charge in [0.2, 0.25) is 0 Å². The summed E-state index contributed by atoms with van der Waals surface area (Å²) in [7, 11) is 6.53. The van der Waals surface area contributed by atoms with Gasteiger partial charge in [-0.2, -0.15) is 12.8 Å². The molecule has 0 spiro atoms. The van der Waals surface area contributed by atoms with Crippen molar-refractivity contribution in [3.05, 3.63) is 0 Å². The zero-order valence-electron chi connectivity index (χ0n) is 7.42. The predicted molar refractivity (Wildman–Crippen MR) is 38.8 cm³/mol. The Morgan fingerprint density at radius 1 is 0.818 bits per heavy atom. The molecule has 0 aromatic rings. The molecule has 0 rings (SSSR count). The van der Waals surface area contributed by atoms with Gasteiger partial charge in [0, 0.05) is 0 Å². The second-order valence-electron chi connectivity index (χ2n) is 1.97. The first kappa shape index (κ1) is 16.9. The first-order chi connectivity index (χ1) is 4.54. The number of hydrogen-bond acceptors (Lipinski definition) is 2. The molecule has 0 atom stereocenters. The quantitative estimate of drug-likeness (QED) is 0.340. The molecule has 0 aromatic carbocycles. The van der Waals surface area contributed by atoms with Gasteiger partial charge in [-0.3, -0.25) is 0 Å². The van der Waals surface area contributed by atoms with Gasteiger partial charge in [-0.15, -0.1) is 0 Å². The molecule has 11 heavy (non-hydrogen) atoms. The average Bonchev–Trinajstić information content (AvgIpc) is 1.89. The minimum atomic E-state index is 0. The van der Waals surface area contributed by atoms with E-state index in [1.807, 2.05) is 0 Å². The Balaban J connectivity index is -0.000000107. The van der Waals surface area contributed by atoms with E-state index >= 15 is 0 Å². The Bertz CT molecular complexity index is 84.6. The molecular formula is C6H12N2O2Zn. The summed E-state index contributed by atoms with van der Waals surface area (Å²) in [4.78, 5) is 21.2. The van der Waals surface area contributed by atoms with Crippen LogP contribution in [0.5, 0.6) is 0 Å². The Morgan fingerprint density at radius 2 is 0.909 bits per heavy atom. The zero-order chi connectivity index (χ0) is 8.57. The molecule has 4 nitrogen and oxygen atoms in total. The molecule has 0 saturated carbocycles. The second-order valence-corrected chi connectivity index (χ2v) is 1.97.